The van der Waals surface area contributed by atoms with Crippen LogP contribution in [-0.2, 0) is 9.53 Å². The summed E-state index contributed by atoms with van der Waals surface area (Å²) in [7, 11) is 0. The third-order valence-electron chi connectivity index (χ3n) is 8.15. The minimum absolute atomic E-state index is 0.284. The van der Waals surface area contributed by atoms with Crippen LogP contribution in [0.4, 0.5) is 0 Å². The normalized spacial score (nSPS) is 12.3. The van der Waals surface area contributed by atoms with Crippen LogP contribution in [0, 0.1) is 0 Å². The maximum absolute atomic E-state index is 11.5. The number of nitrogens with one attached hydrogen (secondary N) is 1. The minimum Gasteiger partial charge on any atom is -0.480 e. The van der Waals surface area contributed by atoms with Crippen molar-refractivity contribution < 1.29 is 14.6 Å². The number of hydrogen-bond donors (Lipinski definition) is 2. The number of carbonyl (C=O) groups is 1. The Balaban J connectivity index is 3.38. The van der Waals surface area contributed by atoms with E-state index in [2.05, 4.69) is 19.2 Å². The van der Waals surface area contributed by atoms with Gasteiger partial charge in [0.2, 0.25) is 0 Å². The van der Waals surface area contributed by atoms with Gasteiger partial charge in [0.05, 0.1) is 6.61 Å². The molecule has 0 bridgehead atoms. The van der Waals surface area contributed by atoms with Crippen LogP contribution >= 0.6 is 0 Å². The highest BCUT2D eigenvalue weighted by molar-refractivity contribution is 5.73. The fourth-order valence-electron chi connectivity index (χ4n) is 5.41. The van der Waals surface area contributed by atoms with E-state index in [0.29, 0.717) is 6.61 Å². The monoisotopic (exact) mass is 554 g/mol. The molecule has 1 atom stereocenters. The summed E-state index contributed by atoms with van der Waals surface area (Å²) in [6, 6.07) is -0.571. The van der Waals surface area contributed by atoms with Crippen molar-refractivity contribution in [3.8, 4) is 0 Å². The smallest absolute Gasteiger partial charge is 0.323 e. The number of ether oxygens (including phenoxy) is 1. The summed E-state index contributed by atoms with van der Waals surface area (Å²) in [6.45, 7) is 6.30. The van der Waals surface area contributed by atoms with E-state index >= 15 is 0 Å². The van der Waals surface area contributed by atoms with Crippen molar-refractivity contribution in [2.75, 3.05) is 19.8 Å². The topological polar surface area (TPSA) is 58.6 Å². The molecule has 2 N–H and O–H groups in total. The molecule has 0 saturated carbocycles. The molecule has 0 amide bonds. The van der Waals surface area contributed by atoms with Crippen LogP contribution < -0.4 is 5.32 Å². The Morgan fingerprint density at radius 3 is 1.15 bits per heavy atom. The molecule has 0 aromatic heterocycles. The van der Waals surface area contributed by atoms with Crippen LogP contribution in [0.5, 0.6) is 0 Å². The Bertz CT molecular complexity index is 471. The molecule has 0 radical (unpaired) electrons. The molecule has 0 rings (SSSR count). The van der Waals surface area contributed by atoms with Crippen molar-refractivity contribution in [2.45, 2.75) is 200 Å². The molecule has 4 nitrogen and oxygen atoms in total. The van der Waals surface area contributed by atoms with Gasteiger partial charge in [0.15, 0.2) is 0 Å². The Kier molecular flexibility index (Phi) is 33.1. The van der Waals surface area contributed by atoms with Crippen molar-refractivity contribution in [3.05, 3.63) is 0 Å². The van der Waals surface area contributed by atoms with E-state index in [1.165, 1.54) is 167 Å². The van der Waals surface area contributed by atoms with E-state index in [9.17, 15) is 9.90 Å². The standard InChI is InChI=1S/C35H71NO3/c1-3-5-7-9-11-13-15-17-19-21-23-25-27-29-31-36-34(35(37)38)33-39-32-30-28-26-24-22-20-18-16-14-12-10-8-6-4-2/h34,36H,3-33H2,1-2H3,(H,37,38)/t34-/m0/s1. The van der Waals surface area contributed by atoms with Crippen LogP contribution in [0.2, 0.25) is 0 Å². The molecule has 0 aliphatic heterocycles. The molecule has 0 heterocycles. The van der Waals surface area contributed by atoms with Crippen LogP contribution in [0.15, 0.2) is 0 Å². The largest absolute Gasteiger partial charge is 0.480 e. The lowest BCUT2D eigenvalue weighted by Gasteiger charge is -2.14. The highest BCUT2D eigenvalue weighted by Gasteiger charge is 2.16. The van der Waals surface area contributed by atoms with Gasteiger partial charge in [-0.3, -0.25) is 4.79 Å². The molecule has 0 fully saturated rings. The molecular formula is C35H71NO3. The highest BCUT2D eigenvalue weighted by Crippen LogP contribution is 2.14. The van der Waals surface area contributed by atoms with Crippen molar-refractivity contribution in [2.24, 2.45) is 0 Å². The maximum Gasteiger partial charge on any atom is 0.323 e. The van der Waals surface area contributed by atoms with E-state index < -0.39 is 12.0 Å². The zero-order valence-corrected chi connectivity index (χ0v) is 26.8. The van der Waals surface area contributed by atoms with Crippen LogP contribution in [0.25, 0.3) is 0 Å². The SMILES string of the molecule is CCCCCCCCCCCCCCCCN[C@@H](COCCCCCCCCCCCCCCCC)C(=O)O. The minimum atomic E-state index is -0.790. The second kappa shape index (κ2) is 33.6. The average Bonchev–Trinajstić information content (AvgIpc) is 2.93. The summed E-state index contributed by atoms with van der Waals surface area (Å²) in [5.74, 6) is -0.790. The second-order valence-electron chi connectivity index (χ2n) is 12.1. The third kappa shape index (κ3) is 31.8. The van der Waals surface area contributed by atoms with Crippen molar-refractivity contribution in [1.29, 1.82) is 0 Å². The van der Waals surface area contributed by atoms with Crippen molar-refractivity contribution >= 4 is 5.97 Å². The van der Waals surface area contributed by atoms with Crippen LogP contribution in [0.3, 0.4) is 0 Å². The van der Waals surface area contributed by atoms with E-state index in [4.69, 9.17) is 4.74 Å². The molecule has 0 spiro atoms. The average molecular weight is 554 g/mol. The van der Waals surface area contributed by atoms with Gasteiger partial charge in [0.25, 0.3) is 0 Å². The summed E-state index contributed by atoms with van der Waals surface area (Å²) in [6.07, 6.45) is 37.7. The van der Waals surface area contributed by atoms with E-state index in [-0.39, 0.29) is 6.61 Å². The Labute approximate surface area is 245 Å². The lowest BCUT2D eigenvalue weighted by molar-refractivity contribution is -0.141. The lowest BCUT2D eigenvalue weighted by atomic mass is 10.0. The predicted molar refractivity (Wildman–Crippen MR) is 171 cm³/mol. The fourth-order valence-corrected chi connectivity index (χ4v) is 5.41. The first-order valence-corrected chi connectivity index (χ1v) is 17.8. The predicted octanol–water partition coefficient (Wildman–Crippen LogP) is 11.0. The van der Waals surface area contributed by atoms with Gasteiger partial charge in [-0.25, -0.2) is 0 Å². The summed E-state index contributed by atoms with van der Waals surface area (Å²) in [4.78, 5) is 11.5. The van der Waals surface area contributed by atoms with E-state index in [1.807, 2.05) is 0 Å². The van der Waals surface area contributed by atoms with Gasteiger partial charge in [-0.1, -0.05) is 181 Å². The molecule has 0 aromatic carbocycles. The molecule has 0 saturated heterocycles. The Morgan fingerprint density at radius 1 is 0.513 bits per heavy atom. The van der Waals surface area contributed by atoms with Gasteiger partial charge < -0.3 is 15.2 Å². The van der Waals surface area contributed by atoms with Crippen LogP contribution in [-0.4, -0.2) is 36.9 Å². The zero-order valence-electron chi connectivity index (χ0n) is 26.8. The van der Waals surface area contributed by atoms with Gasteiger partial charge in [-0.2, -0.15) is 0 Å². The van der Waals surface area contributed by atoms with E-state index in [1.54, 1.807) is 0 Å². The van der Waals surface area contributed by atoms with Crippen LogP contribution in [0.1, 0.15) is 194 Å². The van der Waals surface area contributed by atoms with Gasteiger partial charge in [0.1, 0.15) is 6.04 Å². The molecule has 39 heavy (non-hydrogen) atoms. The number of carboxylic acid groups (broad SMARTS) is 1. The molecule has 4 heteroatoms. The Hall–Kier alpha value is -0.610. The fraction of sp³-hybridized carbons (Fsp3) is 0.971. The number of unbranched alkanes of at least 4 members (excludes halogenated alkanes) is 26. The molecular weight excluding hydrogens is 482 g/mol. The summed E-state index contributed by atoms with van der Waals surface area (Å²) >= 11 is 0. The van der Waals surface area contributed by atoms with E-state index in [0.717, 1.165) is 19.4 Å². The number of aliphatic carboxylic acids is 1. The molecule has 0 aliphatic rings. The quantitative estimate of drug-likeness (QED) is 0.0778. The zero-order chi connectivity index (χ0) is 28.5. The number of carboxylic acids is 1. The van der Waals surface area contributed by atoms with Gasteiger partial charge in [-0.15, -0.1) is 0 Å². The first kappa shape index (κ1) is 38.4. The Morgan fingerprint density at radius 2 is 0.821 bits per heavy atom. The molecule has 0 unspecified atom stereocenters. The van der Waals surface area contributed by atoms with Crippen molar-refractivity contribution in [3.63, 3.8) is 0 Å². The molecule has 0 aromatic rings. The summed E-state index contributed by atoms with van der Waals surface area (Å²) < 4.78 is 5.70. The first-order chi connectivity index (χ1) is 19.2. The van der Waals surface area contributed by atoms with Gasteiger partial charge >= 0.3 is 5.97 Å². The lowest BCUT2D eigenvalue weighted by Crippen LogP contribution is -2.41. The number of rotatable bonds is 34. The molecule has 234 valence electrons. The maximum atomic E-state index is 11.5. The highest BCUT2D eigenvalue weighted by atomic mass is 16.5. The third-order valence-corrected chi connectivity index (χ3v) is 8.15. The summed E-state index contributed by atoms with van der Waals surface area (Å²) in [5, 5.41) is 12.7. The van der Waals surface area contributed by atoms with Gasteiger partial charge in [-0.05, 0) is 19.4 Å². The second-order valence-corrected chi connectivity index (χ2v) is 12.1. The summed E-state index contributed by atoms with van der Waals surface area (Å²) in [5.41, 5.74) is 0. The first-order valence-electron chi connectivity index (χ1n) is 17.8. The van der Waals surface area contributed by atoms with Gasteiger partial charge in [0, 0.05) is 6.61 Å². The number of hydrogen-bond acceptors (Lipinski definition) is 3. The van der Waals surface area contributed by atoms with Crippen molar-refractivity contribution in [1.82, 2.24) is 5.32 Å². The molecule has 0 aliphatic carbocycles.